The Balaban J connectivity index is 1.63. The van der Waals surface area contributed by atoms with E-state index in [0.717, 1.165) is 31.2 Å². The van der Waals surface area contributed by atoms with Gasteiger partial charge in [-0.2, -0.15) is 0 Å². The Morgan fingerprint density at radius 2 is 1.64 bits per heavy atom. The Morgan fingerprint density at radius 3 is 2.27 bits per heavy atom. The van der Waals surface area contributed by atoms with Gasteiger partial charge >= 0.3 is 0 Å². The predicted molar refractivity (Wildman–Crippen MR) is 124 cm³/mol. The molecule has 3 N–H and O–H groups in total. The third-order valence-corrected chi connectivity index (χ3v) is 6.44. The van der Waals surface area contributed by atoms with Crippen LogP contribution < -0.4 is 11.1 Å². The van der Waals surface area contributed by atoms with Crippen LogP contribution in [-0.2, 0) is 4.79 Å². The fourth-order valence-corrected chi connectivity index (χ4v) is 4.67. The van der Waals surface area contributed by atoms with Crippen molar-refractivity contribution in [2.24, 2.45) is 5.73 Å². The summed E-state index contributed by atoms with van der Waals surface area (Å²) >= 11 is 0. The molecule has 0 spiro atoms. The van der Waals surface area contributed by atoms with Gasteiger partial charge in [0.05, 0.1) is 5.56 Å². The average molecular weight is 450 g/mol. The highest BCUT2D eigenvalue weighted by Crippen LogP contribution is 2.23. The van der Waals surface area contributed by atoms with Crippen molar-refractivity contribution in [2.75, 3.05) is 13.1 Å². The third-order valence-electron chi connectivity index (χ3n) is 6.44. The first-order valence-electron chi connectivity index (χ1n) is 11.6. The van der Waals surface area contributed by atoms with E-state index in [2.05, 4.69) is 10.3 Å². The lowest BCUT2D eigenvalue weighted by atomic mass is 9.91. The summed E-state index contributed by atoms with van der Waals surface area (Å²) in [7, 11) is 0. The molecule has 1 aromatic heterocycles. The first kappa shape index (κ1) is 22.9. The van der Waals surface area contributed by atoms with Gasteiger partial charge in [0.25, 0.3) is 17.7 Å². The number of hydrogen-bond acceptors (Lipinski definition) is 5. The van der Waals surface area contributed by atoms with E-state index in [0.29, 0.717) is 30.6 Å². The number of hydrogen-bond donors (Lipinski definition) is 2. The number of nitrogens with one attached hydrogen (secondary N) is 1. The molecule has 1 aliphatic carbocycles. The molecule has 8 nitrogen and oxygen atoms in total. The van der Waals surface area contributed by atoms with Crippen molar-refractivity contribution in [3.63, 3.8) is 0 Å². The fraction of sp³-hybridized carbons (Fsp3) is 0.440. The Hall–Kier alpha value is -3.26. The molecule has 1 aromatic carbocycles. The maximum absolute atomic E-state index is 13.6. The zero-order valence-corrected chi connectivity index (χ0v) is 18.9. The average Bonchev–Trinajstić information content (AvgIpc) is 2.84. The lowest BCUT2D eigenvalue weighted by molar-refractivity contribution is -0.133. The van der Waals surface area contributed by atoms with Gasteiger partial charge in [-0.15, -0.1) is 0 Å². The summed E-state index contributed by atoms with van der Waals surface area (Å²) in [5, 5.41) is 3.10. The zero-order chi connectivity index (χ0) is 23.4. The number of pyridine rings is 1. The highest BCUT2D eigenvalue weighted by molar-refractivity contribution is 6.01. The molecular weight excluding hydrogens is 418 g/mol. The van der Waals surface area contributed by atoms with E-state index in [9.17, 15) is 14.4 Å². The maximum Gasteiger partial charge on any atom is 0.264 e. The molecule has 1 saturated carbocycles. The van der Waals surface area contributed by atoms with Crippen molar-refractivity contribution in [2.45, 2.75) is 57.3 Å². The number of nitrogens with two attached hydrogens (primary N) is 1. The van der Waals surface area contributed by atoms with Crippen LogP contribution in [0.15, 0.2) is 48.8 Å². The van der Waals surface area contributed by atoms with Gasteiger partial charge in [-0.25, -0.2) is 0 Å². The first-order chi connectivity index (χ1) is 15.9. The molecule has 0 bridgehead atoms. The summed E-state index contributed by atoms with van der Waals surface area (Å²) in [5.41, 5.74) is 7.87. The molecule has 2 aliphatic rings. The molecule has 3 amide bonds. The zero-order valence-electron chi connectivity index (χ0n) is 18.9. The van der Waals surface area contributed by atoms with Crippen molar-refractivity contribution >= 4 is 17.7 Å². The van der Waals surface area contributed by atoms with Gasteiger partial charge in [-0.05, 0) is 63.3 Å². The van der Waals surface area contributed by atoms with E-state index >= 15 is 0 Å². The Morgan fingerprint density at radius 1 is 0.970 bits per heavy atom. The van der Waals surface area contributed by atoms with E-state index in [1.54, 1.807) is 24.4 Å². The van der Waals surface area contributed by atoms with Gasteiger partial charge in [0.1, 0.15) is 0 Å². The highest BCUT2D eigenvalue weighted by atomic mass is 16.2. The second-order valence-corrected chi connectivity index (χ2v) is 8.96. The van der Waals surface area contributed by atoms with E-state index in [-0.39, 0.29) is 29.8 Å². The van der Waals surface area contributed by atoms with Crippen molar-refractivity contribution in [1.29, 1.82) is 0 Å². The van der Waals surface area contributed by atoms with Crippen molar-refractivity contribution in [1.82, 2.24) is 20.1 Å². The fourth-order valence-electron chi connectivity index (χ4n) is 4.67. The molecule has 1 atom stereocenters. The first-order valence-corrected chi connectivity index (χ1v) is 11.6. The molecule has 4 rings (SSSR count). The van der Waals surface area contributed by atoms with Gasteiger partial charge in [-0.1, -0.05) is 17.7 Å². The number of amides is 3. The number of carbonyl (C=O) groups excluding carboxylic acids is 3. The Kier molecular flexibility index (Phi) is 7.03. The number of aryl methyl sites for hydroxylation is 1. The third kappa shape index (κ3) is 5.22. The van der Waals surface area contributed by atoms with Crippen LogP contribution in [0.4, 0.5) is 0 Å². The largest absolute Gasteiger partial charge is 0.350 e. The number of aromatic nitrogens is 1. The summed E-state index contributed by atoms with van der Waals surface area (Å²) < 4.78 is 0. The number of carbonyl (C=O) groups is 3. The van der Waals surface area contributed by atoms with Crippen molar-refractivity contribution < 1.29 is 14.4 Å². The Labute approximate surface area is 194 Å². The minimum Gasteiger partial charge on any atom is -0.350 e. The van der Waals surface area contributed by atoms with Crippen LogP contribution in [0.25, 0.3) is 0 Å². The molecule has 2 aromatic rings. The van der Waals surface area contributed by atoms with Gasteiger partial charge < -0.3 is 20.9 Å². The van der Waals surface area contributed by atoms with Crippen LogP contribution in [0.5, 0.6) is 0 Å². The lowest BCUT2D eigenvalue weighted by Crippen LogP contribution is -2.64. The maximum atomic E-state index is 13.6. The van der Waals surface area contributed by atoms with Crippen LogP contribution >= 0.6 is 0 Å². The van der Waals surface area contributed by atoms with Gasteiger partial charge in [0, 0.05) is 43.1 Å². The SMILES string of the molecule is Cc1cccc(C(=O)N2CCCN(C(=O)c3cccnc3)C2C(=O)NC2CCC(N)CC2)c1. The number of rotatable bonds is 4. The summed E-state index contributed by atoms with van der Waals surface area (Å²) in [6.07, 6.45) is 5.93. The Bertz CT molecular complexity index is 1000. The smallest absolute Gasteiger partial charge is 0.264 e. The normalized spacial score (nSPS) is 23.2. The van der Waals surface area contributed by atoms with Gasteiger partial charge in [-0.3, -0.25) is 19.4 Å². The van der Waals surface area contributed by atoms with Crippen LogP contribution in [-0.4, -0.2) is 63.8 Å². The van der Waals surface area contributed by atoms with E-state index < -0.39 is 6.17 Å². The quantitative estimate of drug-likeness (QED) is 0.743. The standard InChI is InChI=1S/C25H31N5O3/c1-17-5-2-6-18(15-17)24(32)29-13-4-14-30(25(33)19-7-3-12-27-16-19)23(29)22(31)28-21-10-8-20(26)9-11-21/h2-3,5-7,12,15-16,20-21,23H,4,8-11,13-14,26H2,1H3,(H,28,31). The topological polar surface area (TPSA) is 109 Å². The lowest BCUT2D eigenvalue weighted by Gasteiger charge is -2.43. The summed E-state index contributed by atoms with van der Waals surface area (Å²) in [4.78, 5) is 47.5. The predicted octanol–water partition coefficient (Wildman–Crippen LogP) is 2.09. The number of benzene rings is 1. The second-order valence-electron chi connectivity index (χ2n) is 8.96. The summed E-state index contributed by atoms with van der Waals surface area (Å²) in [5.74, 6) is -0.891. The van der Waals surface area contributed by atoms with Crippen LogP contribution in [0.1, 0.15) is 58.4 Å². The van der Waals surface area contributed by atoms with Gasteiger partial charge in [0.2, 0.25) is 0 Å². The molecule has 2 fully saturated rings. The molecule has 1 saturated heterocycles. The summed E-state index contributed by atoms with van der Waals surface area (Å²) in [6, 6.07) is 10.8. The molecule has 2 heterocycles. The molecule has 1 aliphatic heterocycles. The second kappa shape index (κ2) is 10.1. The molecule has 1 unspecified atom stereocenters. The van der Waals surface area contributed by atoms with Crippen LogP contribution in [0.2, 0.25) is 0 Å². The molecular formula is C25H31N5O3. The van der Waals surface area contributed by atoms with E-state index in [1.165, 1.54) is 16.0 Å². The summed E-state index contributed by atoms with van der Waals surface area (Å²) in [6.45, 7) is 2.71. The van der Waals surface area contributed by atoms with Crippen LogP contribution in [0.3, 0.4) is 0 Å². The van der Waals surface area contributed by atoms with E-state index in [1.807, 2.05) is 25.1 Å². The highest BCUT2D eigenvalue weighted by Gasteiger charge is 2.41. The molecule has 33 heavy (non-hydrogen) atoms. The molecule has 0 radical (unpaired) electrons. The molecule has 174 valence electrons. The van der Waals surface area contributed by atoms with Gasteiger partial charge in [0.15, 0.2) is 6.17 Å². The van der Waals surface area contributed by atoms with Crippen molar-refractivity contribution in [3.05, 3.63) is 65.5 Å². The molecule has 8 heteroatoms. The minimum atomic E-state index is -1.02. The monoisotopic (exact) mass is 449 g/mol. The van der Waals surface area contributed by atoms with Crippen LogP contribution in [0, 0.1) is 6.92 Å². The number of nitrogens with zero attached hydrogens (tertiary/aromatic N) is 3. The van der Waals surface area contributed by atoms with Crippen molar-refractivity contribution in [3.8, 4) is 0 Å². The van der Waals surface area contributed by atoms with E-state index in [4.69, 9.17) is 5.73 Å². The minimum absolute atomic E-state index is 0.00880.